The molecule has 184 valence electrons. The fourth-order valence-corrected chi connectivity index (χ4v) is 1.98. The lowest BCUT2D eigenvalue weighted by Crippen LogP contribution is -2.26. The van der Waals surface area contributed by atoms with Gasteiger partial charge < -0.3 is 31.0 Å². The monoisotopic (exact) mass is 487 g/mol. The van der Waals surface area contributed by atoms with Crippen molar-refractivity contribution in [2.24, 2.45) is 10.7 Å². The molecule has 0 unspecified atom stereocenters. The number of ether oxygens (including phenoxy) is 1. The van der Waals surface area contributed by atoms with E-state index in [1.165, 1.54) is 18.3 Å². The predicted molar refractivity (Wildman–Crippen MR) is 111 cm³/mol. The van der Waals surface area contributed by atoms with E-state index in [1.807, 2.05) is 0 Å². The number of carboxylic acid groups (broad SMARTS) is 2. The molecule has 2 heterocycles. The second kappa shape index (κ2) is 13.1. The Kier molecular flexibility index (Phi) is 10.6. The zero-order valence-corrected chi connectivity index (χ0v) is 17.5. The van der Waals surface area contributed by atoms with Gasteiger partial charge in [-0.25, -0.2) is 24.5 Å². The molecule has 0 amide bonds. The number of anilines is 1. The largest absolute Gasteiger partial charge is 0.478 e. The Labute approximate surface area is 189 Å². The molecular formula is C18H20F3N7O6. The number of H-pyrrole nitrogens is 1. The predicted octanol–water partition coefficient (Wildman–Crippen LogP) is 0.491. The molecule has 2 aromatic heterocycles. The first-order valence-corrected chi connectivity index (χ1v) is 9.14. The van der Waals surface area contributed by atoms with E-state index in [2.05, 4.69) is 30.2 Å². The number of guanidine groups is 1. The van der Waals surface area contributed by atoms with Crippen molar-refractivity contribution in [3.63, 3.8) is 0 Å². The van der Waals surface area contributed by atoms with Crippen molar-refractivity contribution in [1.82, 2.24) is 19.9 Å². The lowest BCUT2D eigenvalue weighted by atomic mass is 10.3. The number of nitrogens with one attached hydrogen (secondary N) is 2. The molecule has 2 aromatic rings. The lowest BCUT2D eigenvalue weighted by molar-refractivity contribution is -0.134. The number of rotatable bonds is 8. The van der Waals surface area contributed by atoms with Gasteiger partial charge in [0.05, 0.1) is 12.3 Å². The SMILES string of the molecule is Cc1nc(CCOc2nccc(NC(N)=NCC(F)(F)F)n2)cc(=O)[nH]1.O=C(O)C=CC(=O)O. The molecule has 2 rings (SSSR count). The average molecular weight is 487 g/mol. The van der Waals surface area contributed by atoms with Crippen LogP contribution in [0, 0.1) is 6.92 Å². The maximum absolute atomic E-state index is 12.1. The first kappa shape index (κ1) is 27.5. The van der Waals surface area contributed by atoms with Crippen LogP contribution in [0.4, 0.5) is 19.0 Å². The van der Waals surface area contributed by atoms with Crippen LogP contribution in [0.1, 0.15) is 11.5 Å². The second-order valence-electron chi connectivity index (χ2n) is 6.10. The number of nitrogens with two attached hydrogens (primary N) is 1. The summed E-state index contributed by atoms with van der Waals surface area (Å²) in [5.74, 6) is -2.33. The first-order valence-electron chi connectivity index (χ1n) is 9.14. The van der Waals surface area contributed by atoms with Gasteiger partial charge >= 0.3 is 24.1 Å². The Balaban J connectivity index is 0.000000620. The molecule has 0 aliphatic rings. The molecule has 13 nitrogen and oxygen atoms in total. The zero-order chi connectivity index (χ0) is 25.7. The van der Waals surface area contributed by atoms with Crippen LogP contribution < -0.4 is 21.3 Å². The van der Waals surface area contributed by atoms with Crippen LogP contribution in [-0.4, -0.2) is 67.4 Å². The molecule has 6 N–H and O–H groups in total. The Hall–Kier alpha value is -4.50. The average Bonchev–Trinajstić information content (AvgIpc) is 2.70. The molecular weight excluding hydrogens is 467 g/mol. The fourth-order valence-electron chi connectivity index (χ4n) is 1.98. The third-order valence-corrected chi connectivity index (χ3v) is 3.19. The molecule has 0 aromatic carbocycles. The van der Waals surface area contributed by atoms with Gasteiger partial charge in [0.2, 0.25) is 0 Å². The first-order chi connectivity index (χ1) is 15.8. The summed E-state index contributed by atoms with van der Waals surface area (Å²) in [4.78, 5) is 48.1. The van der Waals surface area contributed by atoms with Crippen LogP contribution >= 0.6 is 0 Å². The summed E-state index contributed by atoms with van der Waals surface area (Å²) < 4.78 is 41.6. The van der Waals surface area contributed by atoms with E-state index in [0.29, 0.717) is 30.1 Å². The van der Waals surface area contributed by atoms with Crippen molar-refractivity contribution in [3.8, 4) is 6.01 Å². The number of carboxylic acids is 2. The molecule has 0 atom stereocenters. The third-order valence-electron chi connectivity index (χ3n) is 3.19. The number of aliphatic carboxylic acids is 2. The molecule has 0 aliphatic carbocycles. The van der Waals surface area contributed by atoms with Crippen molar-refractivity contribution < 1.29 is 37.7 Å². The minimum Gasteiger partial charge on any atom is -0.478 e. The molecule has 0 bridgehead atoms. The summed E-state index contributed by atoms with van der Waals surface area (Å²) in [6.07, 6.45) is -1.64. The van der Waals surface area contributed by atoms with Crippen LogP contribution in [0.5, 0.6) is 6.01 Å². The number of hydrogen-bond donors (Lipinski definition) is 5. The Morgan fingerprint density at radius 1 is 1.26 bits per heavy atom. The number of halogens is 3. The van der Waals surface area contributed by atoms with Crippen LogP contribution in [0.2, 0.25) is 0 Å². The van der Waals surface area contributed by atoms with E-state index in [0.717, 1.165) is 0 Å². The Morgan fingerprint density at radius 2 is 1.91 bits per heavy atom. The fraction of sp³-hybridized carbons (Fsp3) is 0.278. The standard InChI is InChI=1S/C14H16F3N7O2.C4H4O4/c1-8-21-9(6-11(25)22-8)3-5-26-13-19-4-2-10(24-13)23-12(18)20-7-14(15,16)17;5-3(6)1-2-4(7)8/h2,4,6H,3,5,7H2,1H3,(H,21,22,25)(H3,18,19,20,23,24);1-2H,(H,5,6)(H,7,8). The van der Waals surface area contributed by atoms with Gasteiger partial charge in [-0.05, 0) is 13.0 Å². The molecule has 0 saturated carbocycles. The van der Waals surface area contributed by atoms with Crippen LogP contribution in [0.15, 0.2) is 40.3 Å². The van der Waals surface area contributed by atoms with Gasteiger partial charge in [-0.3, -0.25) is 4.79 Å². The van der Waals surface area contributed by atoms with Gasteiger partial charge in [0.1, 0.15) is 18.2 Å². The highest BCUT2D eigenvalue weighted by molar-refractivity contribution is 5.91. The smallest absolute Gasteiger partial charge is 0.408 e. The molecule has 0 radical (unpaired) electrons. The summed E-state index contributed by atoms with van der Waals surface area (Å²) in [5, 5.41) is 18.0. The van der Waals surface area contributed by atoms with Gasteiger partial charge in [0.15, 0.2) is 5.96 Å². The van der Waals surface area contributed by atoms with Crippen molar-refractivity contribution in [3.05, 3.63) is 52.4 Å². The van der Waals surface area contributed by atoms with E-state index in [-0.39, 0.29) is 24.0 Å². The number of aryl methyl sites for hydroxylation is 1. The van der Waals surface area contributed by atoms with Crippen LogP contribution in [-0.2, 0) is 16.0 Å². The van der Waals surface area contributed by atoms with Gasteiger partial charge in [-0.1, -0.05) is 0 Å². The lowest BCUT2D eigenvalue weighted by Gasteiger charge is -2.08. The van der Waals surface area contributed by atoms with Crippen LogP contribution in [0.3, 0.4) is 0 Å². The van der Waals surface area contributed by atoms with Gasteiger partial charge in [-0.2, -0.15) is 18.2 Å². The number of hydrogen-bond acceptors (Lipinski definition) is 8. The molecule has 0 spiro atoms. The number of alkyl halides is 3. The molecule has 16 heteroatoms. The zero-order valence-electron chi connectivity index (χ0n) is 17.5. The Bertz CT molecular complexity index is 1090. The number of carbonyl (C=O) groups is 2. The van der Waals surface area contributed by atoms with Crippen molar-refractivity contribution in [1.29, 1.82) is 0 Å². The van der Waals surface area contributed by atoms with E-state index >= 15 is 0 Å². The summed E-state index contributed by atoms with van der Waals surface area (Å²) in [7, 11) is 0. The maximum atomic E-state index is 12.1. The molecule has 0 saturated heterocycles. The van der Waals surface area contributed by atoms with Gasteiger partial charge in [0.25, 0.3) is 5.56 Å². The van der Waals surface area contributed by atoms with E-state index in [1.54, 1.807) is 6.92 Å². The highest BCUT2D eigenvalue weighted by atomic mass is 19.4. The number of aliphatic imine (C=N–C) groups is 1. The minimum atomic E-state index is -4.45. The van der Waals surface area contributed by atoms with Crippen molar-refractivity contribution in [2.45, 2.75) is 19.5 Å². The minimum absolute atomic E-state index is 0.0137. The normalized spacial score (nSPS) is 11.5. The highest BCUT2D eigenvalue weighted by Crippen LogP contribution is 2.14. The van der Waals surface area contributed by atoms with E-state index in [4.69, 9.17) is 20.7 Å². The van der Waals surface area contributed by atoms with E-state index in [9.17, 15) is 27.6 Å². The molecule has 34 heavy (non-hydrogen) atoms. The molecule has 0 fully saturated rings. The topological polar surface area (TPSA) is 206 Å². The highest BCUT2D eigenvalue weighted by Gasteiger charge is 2.26. The van der Waals surface area contributed by atoms with Crippen molar-refractivity contribution >= 4 is 23.7 Å². The second-order valence-corrected chi connectivity index (χ2v) is 6.10. The summed E-state index contributed by atoms with van der Waals surface area (Å²) >= 11 is 0. The maximum Gasteiger partial charge on any atom is 0.408 e. The molecule has 0 aliphatic heterocycles. The quantitative estimate of drug-likeness (QED) is 0.197. The number of aromatic nitrogens is 4. The van der Waals surface area contributed by atoms with Gasteiger partial charge in [-0.15, -0.1) is 0 Å². The van der Waals surface area contributed by atoms with Crippen LogP contribution in [0.25, 0.3) is 0 Å². The van der Waals surface area contributed by atoms with Crippen molar-refractivity contribution in [2.75, 3.05) is 18.5 Å². The van der Waals surface area contributed by atoms with E-state index < -0.39 is 30.6 Å². The third kappa shape index (κ3) is 13.0. The summed E-state index contributed by atoms with van der Waals surface area (Å²) in [6.45, 7) is 0.411. The Morgan fingerprint density at radius 3 is 2.47 bits per heavy atom. The number of aromatic amines is 1. The van der Waals surface area contributed by atoms with Gasteiger partial charge in [0, 0.05) is 30.8 Å². The summed E-state index contributed by atoms with van der Waals surface area (Å²) in [6, 6.07) is 2.73. The summed E-state index contributed by atoms with van der Waals surface area (Å²) in [5.41, 5.74) is 5.65. The number of nitrogens with zero attached hydrogens (tertiary/aromatic N) is 4.